The third kappa shape index (κ3) is 8.31. The van der Waals surface area contributed by atoms with E-state index < -0.39 is 62.4 Å². The Hall–Kier alpha value is -0.626. The van der Waals surface area contributed by atoms with Gasteiger partial charge in [0.2, 0.25) is 0 Å². The standard InChI is InChI=1S/C40H68GeSi6/c1-42(2,3)38(43(4,5)6)31-27-34(39(44(7,8)9)45(10,11)12)37(35(28-31)40(46(13,14)15)47(16,17)18)41-29-30-23-19-20-24-32(30)33-25-21-22-26-36(33)41/h19-29,38-40H,1-18H3. The van der Waals surface area contributed by atoms with Gasteiger partial charge in [-0.25, -0.2) is 0 Å². The second-order valence-electron chi connectivity index (χ2n) is 21.3. The molecular weight excluding hydrogens is 722 g/mol. The maximum atomic E-state index is 2.92. The summed E-state index contributed by atoms with van der Waals surface area (Å²) in [4.78, 5) is 2.85. The molecule has 0 aromatic heterocycles. The van der Waals surface area contributed by atoms with Crippen LogP contribution in [0.5, 0.6) is 0 Å². The number of fused-ring (bicyclic) bond motifs is 3. The van der Waals surface area contributed by atoms with Crippen LogP contribution in [0.15, 0.2) is 60.7 Å². The fourth-order valence-corrected chi connectivity index (χ4v) is 56.3. The zero-order valence-electron chi connectivity index (χ0n) is 33.6. The van der Waals surface area contributed by atoms with E-state index in [1.807, 2.05) is 15.5 Å². The molecule has 1 aliphatic heterocycles. The van der Waals surface area contributed by atoms with Crippen molar-refractivity contribution in [3.63, 3.8) is 0 Å². The predicted octanol–water partition coefficient (Wildman–Crippen LogP) is 11.2. The predicted molar refractivity (Wildman–Crippen MR) is 237 cm³/mol. The van der Waals surface area contributed by atoms with Gasteiger partial charge in [-0.05, 0) is 0 Å². The quantitative estimate of drug-likeness (QED) is 0.140. The van der Waals surface area contributed by atoms with Crippen molar-refractivity contribution in [3.05, 3.63) is 82.9 Å². The summed E-state index contributed by atoms with van der Waals surface area (Å²) >= 11 is -2.15. The molecule has 0 saturated carbocycles. The molecule has 0 saturated heterocycles. The Kier molecular flexibility index (Phi) is 11.0. The third-order valence-electron chi connectivity index (χ3n) is 10.4. The Morgan fingerprint density at radius 1 is 0.426 bits per heavy atom. The molecule has 0 amide bonds. The first-order valence-corrected chi connectivity index (χ1v) is 43.0. The molecule has 0 bridgehead atoms. The van der Waals surface area contributed by atoms with E-state index in [0.29, 0.717) is 0 Å². The van der Waals surface area contributed by atoms with Crippen LogP contribution in [0.4, 0.5) is 0 Å². The Morgan fingerprint density at radius 3 is 1.19 bits per heavy atom. The van der Waals surface area contributed by atoms with Gasteiger partial charge in [0.15, 0.2) is 0 Å². The molecule has 0 atom stereocenters. The molecule has 0 spiro atoms. The summed E-state index contributed by atoms with van der Waals surface area (Å²) in [5, 5.41) is 2.21. The number of hydrogen-bond donors (Lipinski definition) is 0. The Labute approximate surface area is 301 Å². The van der Waals surface area contributed by atoms with Crippen molar-refractivity contribution in [3.8, 4) is 11.1 Å². The number of benzene rings is 3. The molecule has 3 aromatic rings. The Bertz CT molecular complexity index is 1550. The van der Waals surface area contributed by atoms with E-state index in [2.05, 4.69) is 183 Å². The average Bonchev–Trinajstić information content (AvgIpc) is 2.83. The molecule has 256 valence electrons. The van der Waals surface area contributed by atoms with Gasteiger partial charge in [-0.3, -0.25) is 0 Å². The molecule has 0 radical (unpaired) electrons. The van der Waals surface area contributed by atoms with E-state index >= 15 is 0 Å². The van der Waals surface area contributed by atoms with Crippen LogP contribution in [0.1, 0.15) is 37.7 Å². The molecule has 47 heavy (non-hydrogen) atoms. The monoisotopic (exact) mass is 790 g/mol. The third-order valence-corrected chi connectivity index (χ3v) is 44.0. The van der Waals surface area contributed by atoms with Crippen LogP contribution in [0, 0.1) is 0 Å². The summed E-state index contributed by atoms with van der Waals surface area (Å²) in [6.07, 6.45) is 0. The summed E-state index contributed by atoms with van der Waals surface area (Å²) in [6, 6.07) is 24.8. The van der Waals surface area contributed by atoms with E-state index in [9.17, 15) is 0 Å². The molecule has 7 heteroatoms. The van der Waals surface area contributed by atoms with E-state index in [-0.39, 0.29) is 0 Å². The maximum absolute atomic E-state index is 2.92. The molecule has 1 aliphatic rings. The van der Waals surface area contributed by atoms with E-state index in [0.717, 1.165) is 15.5 Å². The van der Waals surface area contributed by atoms with Crippen molar-refractivity contribution in [2.24, 2.45) is 0 Å². The number of rotatable bonds is 10. The Balaban J connectivity index is 2.37. The minimum atomic E-state index is -2.15. The van der Waals surface area contributed by atoms with Gasteiger partial charge in [0, 0.05) is 0 Å². The van der Waals surface area contributed by atoms with Gasteiger partial charge in [-0.2, -0.15) is 0 Å². The molecule has 0 unspecified atom stereocenters. The first-order valence-electron chi connectivity index (χ1n) is 18.2. The number of hydrogen-bond acceptors (Lipinski definition) is 0. The summed E-state index contributed by atoms with van der Waals surface area (Å²) in [5.74, 6) is 0. The minimum absolute atomic E-state index is 0.731. The summed E-state index contributed by atoms with van der Waals surface area (Å²) in [7, 11) is -9.42. The van der Waals surface area contributed by atoms with Crippen LogP contribution in [0.25, 0.3) is 11.1 Å². The second kappa shape index (κ2) is 13.2. The van der Waals surface area contributed by atoms with Gasteiger partial charge in [0.1, 0.15) is 0 Å². The van der Waals surface area contributed by atoms with Crippen molar-refractivity contribution in [1.29, 1.82) is 0 Å². The van der Waals surface area contributed by atoms with Gasteiger partial charge in [0.05, 0.1) is 0 Å². The van der Waals surface area contributed by atoms with Crippen LogP contribution in [-0.4, -0.2) is 67.2 Å². The molecule has 0 fully saturated rings. The zero-order valence-corrected chi connectivity index (χ0v) is 41.7. The van der Waals surface area contributed by atoms with Crippen LogP contribution in [0.3, 0.4) is 0 Å². The fraction of sp³-hybridized carbons (Fsp3) is 0.525. The van der Waals surface area contributed by atoms with Crippen molar-refractivity contribution in [2.45, 2.75) is 133 Å². The van der Waals surface area contributed by atoms with Gasteiger partial charge in [-0.15, -0.1) is 0 Å². The molecule has 3 aromatic carbocycles. The molecule has 0 nitrogen and oxygen atoms in total. The SMILES string of the molecule is C[Si](C)(C)C(c1cc(C([Si](C)(C)C)[Si](C)(C)C)[c]([Ge]2=[CH]c3ccccc3-c3cccc[c]32)c(C([Si](C)(C)C)[Si](C)(C)C)c1)[Si](C)(C)C. The molecular formula is C40H68GeSi6. The van der Waals surface area contributed by atoms with Gasteiger partial charge in [-0.1, -0.05) is 0 Å². The molecule has 0 N–H and O–H groups in total. The molecule has 0 aliphatic carbocycles. The first kappa shape index (κ1) is 39.2. The van der Waals surface area contributed by atoms with Crippen LogP contribution in [-0.2, 0) is 0 Å². The van der Waals surface area contributed by atoms with Crippen molar-refractivity contribution < 1.29 is 0 Å². The van der Waals surface area contributed by atoms with Crippen LogP contribution < -0.4 is 8.79 Å². The van der Waals surface area contributed by atoms with Crippen molar-refractivity contribution in [2.75, 3.05) is 0 Å². The average molecular weight is 790 g/mol. The van der Waals surface area contributed by atoms with Crippen LogP contribution in [0.2, 0.25) is 118 Å². The van der Waals surface area contributed by atoms with Crippen molar-refractivity contribution in [1.82, 2.24) is 0 Å². The summed E-state index contributed by atoms with van der Waals surface area (Å²) in [5.41, 5.74) is 9.88. The first-order chi connectivity index (χ1) is 21.1. The van der Waals surface area contributed by atoms with Gasteiger partial charge < -0.3 is 0 Å². The second-order valence-corrected chi connectivity index (χ2v) is 59.4. The van der Waals surface area contributed by atoms with Crippen LogP contribution >= 0.6 is 0 Å². The topological polar surface area (TPSA) is 0 Å². The normalized spacial score (nSPS) is 14.9. The van der Waals surface area contributed by atoms with E-state index in [1.54, 1.807) is 9.96 Å². The van der Waals surface area contributed by atoms with E-state index in [4.69, 9.17) is 0 Å². The van der Waals surface area contributed by atoms with E-state index in [1.165, 1.54) is 16.7 Å². The van der Waals surface area contributed by atoms with Crippen molar-refractivity contribution >= 4 is 76.0 Å². The molecule has 1 heterocycles. The summed E-state index contributed by atoms with van der Waals surface area (Å²) < 4.78 is 3.58. The molecule has 4 rings (SSSR count). The van der Waals surface area contributed by atoms with Gasteiger partial charge in [0.25, 0.3) is 0 Å². The summed E-state index contributed by atoms with van der Waals surface area (Å²) in [6.45, 7) is 48.5. The zero-order chi connectivity index (χ0) is 35.7. The Morgan fingerprint density at radius 2 is 0.787 bits per heavy atom. The fourth-order valence-electron chi connectivity index (χ4n) is 10.7. The van der Waals surface area contributed by atoms with Gasteiger partial charge >= 0.3 is 303 Å².